The second-order valence-corrected chi connectivity index (χ2v) is 11.3. The summed E-state index contributed by atoms with van der Waals surface area (Å²) in [7, 11) is -2.49. The molecule has 2 unspecified atom stereocenters. The Hall–Kier alpha value is -3.16. The maximum atomic E-state index is 13.6. The van der Waals surface area contributed by atoms with Gasteiger partial charge in [-0.1, -0.05) is 6.07 Å². The van der Waals surface area contributed by atoms with Crippen LogP contribution in [0, 0.1) is 6.92 Å². The first kappa shape index (κ1) is 26.9. The molecule has 13 heteroatoms. The number of nitrogens with one attached hydrogen (secondary N) is 1. The summed E-state index contributed by atoms with van der Waals surface area (Å²) in [6.07, 6.45) is 3.81. The number of sulfonamides is 1. The highest BCUT2D eigenvalue weighted by Crippen LogP contribution is 2.28. The van der Waals surface area contributed by atoms with E-state index in [0.29, 0.717) is 36.4 Å². The van der Waals surface area contributed by atoms with E-state index >= 15 is 0 Å². The molecule has 0 amide bonds. The number of pyridine rings is 1. The van der Waals surface area contributed by atoms with Gasteiger partial charge in [-0.15, -0.1) is 10.2 Å². The van der Waals surface area contributed by atoms with Gasteiger partial charge in [0.2, 0.25) is 21.9 Å². The number of aromatic nitrogens is 6. The van der Waals surface area contributed by atoms with Crippen LogP contribution < -0.4 is 9.46 Å². The number of anilines is 1. The van der Waals surface area contributed by atoms with Gasteiger partial charge in [0, 0.05) is 25.1 Å². The Kier molecular flexibility index (Phi) is 8.35. The van der Waals surface area contributed by atoms with Gasteiger partial charge in [0.05, 0.1) is 25.9 Å². The minimum atomic E-state index is -4.02. The topological polar surface area (TPSA) is 143 Å². The Morgan fingerprint density at radius 2 is 1.95 bits per heavy atom. The molecule has 3 aromatic heterocycles. The van der Waals surface area contributed by atoms with Crippen LogP contribution in [0.3, 0.4) is 0 Å². The van der Waals surface area contributed by atoms with Gasteiger partial charge in [-0.25, -0.2) is 23.4 Å². The van der Waals surface area contributed by atoms with Crippen LogP contribution in [0.5, 0.6) is 5.88 Å². The molecule has 4 rings (SSSR count). The summed E-state index contributed by atoms with van der Waals surface area (Å²) >= 11 is 0. The van der Waals surface area contributed by atoms with Crippen molar-refractivity contribution in [2.45, 2.75) is 70.6 Å². The van der Waals surface area contributed by atoms with Gasteiger partial charge in [-0.05, 0) is 52.2 Å². The summed E-state index contributed by atoms with van der Waals surface area (Å²) in [5.41, 5.74) is 1.36. The van der Waals surface area contributed by atoms with Crippen molar-refractivity contribution in [2.24, 2.45) is 0 Å². The van der Waals surface area contributed by atoms with E-state index in [-0.39, 0.29) is 18.2 Å². The lowest BCUT2D eigenvalue weighted by molar-refractivity contribution is 0.00152. The van der Waals surface area contributed by atoms with E-state index in [1.165, 1.54) is 7.11 Å². The molecule has 1 saturated heterocycles. The molecular formula is C24H33N7O5S. The Morgan fingerprint density at radius 3 is 2.59 bits per heavy atom. The summed E-state index contributed by atoms with van der Waals surface area (Å²) < 4.78 is 48.5. The molecule has 1 fully saturated rings. The average molecular weight is 532 g/mol. The van der Waals surface area contributed by atoms with Gasteiger partial charge in [-0.3, -0.25) is 9.29 Å². The number of hydrogen-bond donors (Lipinski definition) is 1. The summed E-state index contributed by atoms with van der Waals surface area (Å²) in [6, 6.07) is 5.27. The van der Waals surface area contributed by atoms with Crippen molar-refractivity contribution >= 4 is 16.0 Å². The molecule has 3 atom stereocenters. The van der Waals surface area contributed by atoms with Gasteiger partial charge in [0.25, 0.3) is 0 Å². The molecule has 4 heterocycles. The lowest BCUT2D eigenvalue weighted by Gasteiger charge is -2.25. The van der Waals surface area contributed by atoms with Gasteiger partial charge >= 0.3 is 0 Å². The number of hydrogen-bond acceptors (Lipinski definition) is 10. The number of aryl methyl sites for hydroxylation is 1. The predicted molar refractivity (Wildman–Crippen MR) is 137 cm³/mol. The first-order valence-corrected chi connectivity index (χ1v) is 13.7. The second-order valence-electron chi connectivity index (χ2n) is 9.23. The molecule has 3 aromatic rings. The fraction of sp³-hybridized carbons (Fsp3) is 0.542. The van der Waals surface area contributed by atoms with Crippen molar-refractivity contribution in [3.05, 3.63) is 42.0 Å². The molecule has 200 valence electrons. The van der Waals surface area contributed by atoms with E-state index in [0.717, 1.165) is 18.4 Å². The highest BCUT2D eigenvalue weighted by molar-refractivity contribution is 7.93. The third-order valence-corrected chi connectivity index (χ3v) is 7.64. The zero-order valence-corrected chi connectivity index (χ0v) is 22.5. The highest BCUT2D eigenvalue weighted by Gasteiger charge is 2.36. The SMILES string of the molecule is COc1cccc(-c2nnc(NS(=O)(=O)C(C)C(OC(C)C)c3ncc(C)cn3)n2C[C@H]2CCCO2)n1. The lowest BCUT2D eigenvalue weighted by Crippen LogP contribution is -2.35. The normalized spacial score (nSPS) is 17.6. The largest absolute Gasteiger partial charge is 0.481 e. The minimum Gasteiger partial charge on any atom is -0.481 e. The molecule has 0 bridgehead atoms. The fourth-order valence-corrected chi connectivity index (χ4v) is 5.10. The third kappa shape index (κ3) is 6.40. The molecule has 0 aromatic carbocycles. The molecule has 0 spiro atoms. The van der Waals surface area contributed by atoms with Crippen LogP contribution in [0.2, 0.25) is 0 Å². The minimum absolute atomic E-state index is 0.0649. The van der Waals surface area contributed by atoms with E-state index < -0.39 is 21.4 Å². The van der Waals surface area contributed by atoms with Crippen LogP contribution in [0.25, 0.3) is 11.5 Å². The first-order chi connectivity index (χ1) is 17.7. The van der Waals surface area contributed by atoms with Gasteiger partial charge < -0.3 is 14.2 Å². The van der Waals surface area contributed by atoms with Gasteiger partial charge in [-0.2, -0.15) is 0 Å². The standard InChI is InChI=1S/C24H33N7O5S/c1-15(2)36-21(22-25-12-16(3)13-26-22)17(4)37(32,33)30-24-29-28-23(19-9-6-10-20(27-19)34-5)31(24)14-18-8-7-11-35-18/h6,9-10,12-13,15,17-18,21H,7-8,11,14H2,1-5H3,(H,29,30)/t17?,18-,21?/m1/s1. The Labute approximate surface area is 216 Å². The highest BCUT2D eigenvalue weighted by atomic mass is 32.2. The van der Waals surface area contributed by atoms with Gasteiger partial charge in [0.15, 0.2) is 11.6 Å². The van der Waals surface area contributed by atoms with Crippen LogP contribution in [0.1, 0.15) is 51.1 Å². The number of methoxy groups -OCH3 is 1. The molecule has 12 nitrogen and oxygen atoms in total. The molecule has 0 radical (unpaired) electrons. The summed E-state index contributed by atoms with van der Waals surface area (Å²) in [4.78, 5) is 13.1. The third-order valence-electron chi connectivity index (χ3n) is 5.95. The number of nitrogens with zero attached hydrogens (tertiary/aromatic N) is 6. The summed E-state index contributed by atoms with van der Waals surface area (Å²) in [5, 5.41) is 7.40. The van der Waals surface area contributed by atoms with E-state index in [2.05, 4.69) is 29.9 Å². The lowest BCUT2D eigenvalue weighted by atomic mass is 10.2. The summed E-state index contributed by atoms with van der Waals surface area (Å²) in [5.74, 6) is 1.16. The van der Waals surface area contributed by atoms with Crippen molar-refractivity contribution in [3.8, 4) is 17.4 Å². The maximum Gasteiger partial charge on any atom is 0.240 e. The van der Waals surface area contributed by atoms with Crippen molar-refractivity contribution < 1.29 is 22.6 Å². The molecular weight excluding hydrogens is 498 g/mol. The number of rotatable bonds is 11. The zero-order chi connectivity index (χ0) is 26.6. The Morgan fingerprint density at radius 1 is 1.19 bits per heavy atom. The van der Waals surface area contributed by atoms with Crippen molar-refractivity contribution in [3.63, 3.8) is 0 Å². The van der Waals surface area contributed by atoms with Gasteiger partial charge in [0.1, 0.15) is 17.0 Å². The van der Waals surface area contributed by atoms with Crippen LogP contribution in [0.15, 0.2) is 30.6 Å². The smallest absolute Gasteiger partial charge is 0.240 e. The van der Waals surface area contributed by atoms with E-state index in [9.17, 15) is 8.42 Å². The van der Waals surface area contributed by atoms with Crippen LogP contribution in [-0.2, 0) is 26.0 Å². The summed E-state index contributed by atoms with van der Waals surface area (Å²) in [6.45, 7) is 8.10. The second kappa shape index (κ2) is 11.5. The van der Waals surface area contributed by atoms with Crippen LogP contribution in [-0.4, -0.2) is 69.3 Å². The van der Waals surface area contributed by atoms with E-state index in [1.54, 1.807) is 42.1 Å². The van der Waals surface area contributed by atoms with Crippen LogP contribution in [0.4, 0.5) is 5.95 Å². The number of ether oxygens (including phenoxy) is 3. The predicted octanol–water partition coefficient (Wildman–Crippen LogP) is 2.92. The first-order valence-electron chi connectivity index (χ1n) is 12.2. The van der Waals surface area contributed by atoms with Crippen molar-refractivity contribution in [2.75, 3.05) is 18.4 Å². The molecule has 1 aliphatic heterocycles. The fourth-order valence-electron chi connectivity index (χ4n) is 3.99. The Balaban J connectivity index is 1.67. The molecule has 1 aliphatic rings. The molecule has 1 N–H and O–H groups in total. The van der Waals surface area contributed by atoms with Crippen LogP contribution >= 0.6 is 0 Å². The molecule has 0 saturated carbocycles. The van der Waals surface area contributed by atoms with Crippen molar-refractivity contribution in [1.82, 2.24) is 29.7 Å². The zero-order valence-electron chi connectivity index (χ0n) is 21.7. The quantitative estimate of drug-likeness (QED) is 0.392. The average Bonchev–Trinajstić information content (AvgIpc) is 3.53. The monoisotopic (exact) mass is 531 g/mol. The maximum absolute atomic E-state index is 13.6. The Bertz CT molecular complexity index is 1290. The van der Waals surface area contributed by atoms with E-state index in [4.69, 9.17) is 14.2 Å². The van der Waals surface area contributed by atoms with E-state index in [1.807, 2.05) is 20.8 Å². The van der Waals surface area contributed by atoms with Crippen molar-refractivity contribution in [1.29, 1.82) is 0 Å². The molecule has 0 aliphatic carbocycles. The molecule has 37 heavy (non-hydrogen) atoms.